The van der Waals surface area contributed by atoms with Gasteiger partial charge in [-0.25, -0.2) is 0 Å². The van der Waals surface area contributed by atoms with Crippen LogP contribution >= 0.6 is 0 Å². The Morgan fingerprint density at radius 2 is 1.37 bits per heavy atom. The molecular formula is C36H57NO4. The standard InChI is InChI=1S/C36H57NO4/c1-6-8-10-11-18-24-37(5)34-32(39-26-30-20-14-12-15-21-30)25-33(40-27-31-22-16-13-17-23-31)35(34)41-28-36(4,38)29(3)19-9-7-2/h12-17,20-23,29,32-35,38H,6-11,18-19,24-28H2,1-5H3. The van der Waals surface area contributed by atoms with Crippen molar-refractivity contribution in [3.63, 3.8) is 0 Å². The van der Waals surface area contributed by atoms with Gasteiger partial charge in [0.1, 0.15) is 6.10 Å². The van der Waals surface area contributed by atoms with Crippen LogP contribution in [0.25, 0.3) is 0 Å². The van der Waals surface area contributed by atoms with Crippen LogP contribution in [0.3, 0.4) is 0 Å². The molecule has 0 aliphatic heterocycles. The summed E-state index contributed by atoms with van der Waals surface area (Å²) in [5.41, 5.74) is 1.43. The highest BCUT2D eigenvalue weighted by Crippen LogP contribution is 2.35. The summed E-state index contributed by atoms with van der Waals surface area (Å²) < 4.78 is 20.0. The quantitative estimate of drug-likeness (QED) is 0.166. The van der Waals surface area contributed by atoms with Crippen LogP contribution in [0.2, 0.25) is 0 Å². The van der Waals surface area contributed by atoms with Crippen molar-refractivity contribution in [3.8, 4) is 0 Å². The summed E-state index contributed by atoms with van der Waals surface area (Å²) in [6, 6.07) is 20.8. The maximum atomic E-state index is 11.4. The minimum absolute atomic E-state index is 0.0240. The van der Waals surface area contributed by atoms with Crippen LogP contribution in [0.15, 0.2) is 60.7 Å². The van der Waals surface area contributed by atoms with E-state index in [4.69, 9.17) is 14.2 Å². The predicted octanol–water partition coefficient (Wildman–Crippen LogP) is 7.79. The molecule has 2 aromatic carbocycles. The van der Waals surface area contributed by atoms with E-state index in [-0.39, 0.29) is 30.3 Å². The van der Waals surface area contributed by atoms with Gasteiger partial charge in [0.05, 0.1) is 43.7 Å². The van der Waals surface area contributed by atoms with Gasteiger partial charge >= 0.3 is 0 Å². The van der Waals surface area contributed by atoms with Crippen LogP contribution in [-0.2, 0) is 27.4 Å². The molecule has 1 saturated carbocycles. The number of hydrogen-bond acceptors (Lipinski definition) is 5. The number of rotatable bonds is 20. The highest BCUT2D eigenvalue weighted by Gasteiger charge is 2.48. The summed E-state index contributed by atoms with van der Waals surface area (Å²) in [7, 11) is 2.21. The van der Waals surface area contributed by atoms with Crippen LogP contribution in [0.4, 0.5) is 0 Å². The smallest absolute Gasteiger partial charge is 0.102 e. The molecule has 0 amide bonds. The van der Waals surface area contributed by atoms with Gasteiger partial charge in [-0.15, -0.1) is 0 Å². The lowest BCUT2D eigenvalue weighted by molar-refractivity contribution is -0.139. The summed E-state index contributed by atoms with van der Waals surface area (Å²) in [6.45, 7) is 10.9. The molecule has 6 unspecified atom stereocenters. The molecule has 6 atom stereocenters. The average molecular weight is 568 g/mol. The number of nitrogens with zero attached hydrogens (tertiary/aromatic N) is 1. The molecule has 1 fully saturated rings. The Hall–Kier alpha value is -1.76. The fraction of sp³-hybridized carbons (Fsp3) is 0.667. The van der Waals surface area contributed by atoms with Crippen LogP contribution in [0.5, 0.6) is 0 Å². The minimum atomic E-state index is -0.897. The van der Waals surface area contributed by atoms with Crippen LogP contribution in [-0.4, -0.2) is 60.2 Å². The van der Waals surface area contributed by atoms with E-state index in [2.05, 4.69) is 81.2 Å². The summed E-state index contributed by atoms with van der Waals surface area (Å²) >= 11 is 0. The van der Waals surface area contributed by atoms with Crippen molar-refractivity contribution in [1.29, 1.82) is 0 Å². The first-order chi connectivity index (χ1) is 19.9. The van der Waals surface area contributed by atoms with Crippen molar-refractivity contribution < 1.29 is 19.3 Å². The predicted molar refractivity (Wildman–Crippen MR) is 169 cm³/mol. The summed E-state index contributed by atoms with van der Waals surface area (Å²) in [4.78, 5) is 2.44. The Kier molecular flexibility index (Phi) is 14.8. The Balaban J connectivity index is 1.78. The van der Waals surface area contributed by atoms with Crippen LogP contribution in [0.1, 0.15) is 96.6 Å². The summed E-state index contributed by atoms with van der Waals surface area (Å²) in [5.74, 6) is 0.160. The second kappa shape index (κ2) is 18.0. The molecular weight excluding hydrogens is 510 g/mol. The molecule has 0 aromatic heterocycles. The lowest BCUT2D eigenvalue weighted by Crippen LogP contribution is -2.50. The van der Waals surface area contributed by atoms with E-state index in [0.29, 0.717) is 19.8 Å². The van der Waals surface area contributed by atoms with Crippen LogP contribution < -0.4 is 0 Å². The molecule has 1 N–H and O–H groups in total. The van der Waals surface area contributed by atoms with Crippen molar-refractivity contribution >= 4 is 0 Å². The first-order valence-electron chi connectivity index (χ1n) is 16.2. The van der Waals surface area contributed by atoms with Crippen molar-refractivity contribution in [1.82, 2.24) is 4.90 Å². The molecule has 0 heterocycles. The van der Waals surface area contributed by atoms with Gasteiger partial charge in [0, 0.05) is 6.42 Å². The molecule has 41 heavy (non-hydrogen) atoms. The molecule has 0 radical (unpaired) electrons. The largest absolute Gasteiger partial charge is 0.387 e. The zero-order chi connectivity index (χ0) is 29.5. The maximum absolute atomic E-state index is 11.4. The van der Waals surface area contributed by atoms with Crippen molar-refractivity contribution in [2.24, 2.45) is 5.92 Å². The van der Waals surface area contributed by atoms with E-state index in [1.165, 1.54) is 31.2 Å². The second-order valence-electron chi connectivity index (χ2n) is 12.5. The maximum Gasteiger partial charge on any atom is 0.102 e. The third-order valence-electron chi connectivity index (χ3n) is 8.91. The lowest BCUT2D eigenvalue weighted by atomic mass is 9.87. The molecule has 0 spiro atoms. The topological polar surface area (TPSA) is 51.2 Å². The lowest BCUT2D eigenvalue weighted by Gasteiger charge is -2.37. The Bertz CT molecular complexity index is 937. The number of aliphatic hydroxyl groups is 1. The molecule has 230 valence electrons. The average Bonchev–Trinajstić information content (AvgIpc) is 3.34. The molecule has 0 bridgehead atoms. The second-order valence-corrected chi connectivity index (χ2v) is 12.5. The highest BCUT2D eigenvalue weighted by molar-refractivity contribution is 5.15. The van der Waals surface area contributed by atoms with E-state index in [0.717, 1.165) is 44.2 Å². The van der Waals surface area contributed by atoms with Gasteiger partial charge in [-0.2, -0.15) is 0 Å². The van der Waals surface area contributed by atoms with Crippen molar-refractivity contribution in [2.45, 2.75) is 129 Å². The molecule has 3 rings (SSSR count). The van der Waals surface area contributed by atoms with Gasteiger partial charge in [0.25, 0.3) is 0 Å². The highest BCUT2D eigenvalue weighted by atomic mass is 16.6. The van der Waals surface area contributed by atoms with E-state index in [1.54, 1.807) is 0 Å². The van der Waals surface area contributed by atoms with Crippen molar-refractivity contribution in [2.75, 3.05) is 20.2 Å². The molecule has 1 aliphatic carbocycles. The number of likely N-dealkylation sites (N-methyl/N-ethyl adjacent to an activating group) is 1. The fourth-order valence-electron chi connectivity index (χ4n) is 5.90. The van der Waals surface area contributed by atoms with Gasteiger partial charge in [0.2, 0.25) is 0 Å². The number of ether oxygens (including phenoxy) is 3. The van der Waals surface area contributed by atoms with Gasteiger partial charge in [-0.3, -0.25) is 4.90 Å². The van der Waals surface area contributed by atoms with Crippen molar-refractivity contribution in [3.05, 3.63) is 71.8 Å². The molecule has 5 heteroatoms. The number of hydrogen-bond donors (Lipinski definition) is 1. The van der Waals surface area contributed by atoms with E-state index in [1.807, 2.05) is 19.1 Å². The van der Waals surface area contributed by atoms with E-state index < -0.39 is 5.60 Å². The van der Waals surface area contributed by atoms with E-state index >= 15 is 0 Å². The normalized spacial score (nSPS) is 23.1. The fourth-order valence-corrected chi connectivity index (χ4v) is 5.90. The molecule has 0 saturated heterocycles. The number of unbranched alkanes of at least 4 members (excludes halogenated alkanes) is 5. The van der Waals surface area contributed by atoms with Gasteiger partial charge in [-0.1, -0.05) is 120 Å². The van der Waals surface area contributed by atoms with Gasteiger partial charge in [0.15, 0.2) is 0 Å². The Labute approximate surface area is 250 Å². The van der Waals surface area contributed by atoms with Gasteiger partial charge in [-0.05, 0) is 50.4 Å². The minimum Gasteiger partial charge on any atom is -0.387 e. The number of benzene rings is 2. The zero-order valence-corrected chi connectivity index (χ0v) is 26.5. The van der Waals surface area contributed by atoms with Crippen LogP contribution in [0, 0.1) is 5.92 Å². The third-order valence-corrected chi connectivity index (χ3v) is 8.91. The first kappa shape index (κ1) is 33.7. The summed E-state index contributed by atoms with van der Waals surface area (Å²) in [5, 5.41) is 11.4. The molecule has 5 nitrogen and oxygen atoms in total. The summed E-state index contributed by atoms with van der Waals surface area (Å²) in [6.07, 6.45) is 9.90. The Morgan fingerprint density at radius 3 is 1.95 bits per heavy atom. The zero-order valence-electron chi connectivity index (χ0n) is 26.5. The van der Waals surface area contributed by atoms with E-state index in [9.17, 15) is 5.11 Å². The Morgan fingerprint density at radius 1 is 0.805 bits per heavy atom. The third kappa shape index (κ3) is 11.1. The monoisotopic (exact) mass is 567 g/mol. The molecule has 2 aromatic rings. The molecule has 1 aliphatic rings. The van der Waals surface area contributed by atoms with Gasteiger partial charge < -0.3 is 19.3 Å². The SMILES string of the molecule is CCCCCCCN(C)C1C(OCc2ccccc2)CC(OCc2ccccc2)C1OCC(C)(O)C(C)CCCC. The first-order valence-corrected chi connectivity index (χ1v) is 16.2.